The van der Waals surface area contributed by atoms with E-state index in [2.05, 4.69) is 15.3 Å². The van der Waals surface area contributed by atoms with E-state index in [1.54, 1.807) is 13.8 Å². The Hall–Kier alpha value is -2.39. The van der Waals surface area contributed by atoms with Crippen molar-refractivity contribution < 1.29 is 18.7 Å². The number of carbonyl (C=O) groups is 1. The van der Waals surface area contributed by atoms with Gasteiger partial charge in [0.25, 0.3) is 5.56 Å². The number of aromatic nitrogens is 2. The third-order valence-corrected chi connectivity index (χ3v) is 7.20. The van der Waals surface area contributed by atoms with E-state index in [-0.39, 0.29) is 45.5 Å². The fraction of sp³-hybridized carbons (Fsp3) is 0.625. The summed E-state index contributed by atoms with van der Waals surface area (Å²) >= 11 is 6.08. The first-order chi connectivity index (χ1) is 15.7. The maximum atomic E-state index is 14.9. The van der Waals surface area contributed by atoms with Crippen LogP contribution in [-0.4, -0.2) is 56.8 Å². The molecule has 0 aliphatic carbocycles. The second kappa shape index (κ2) is 8.37. The van der Waals surface area contributed by atoms with Crippen LogP contribution in [-0.2, 0) is 4.74 Å². The highest BCUT2D eigenvalue weighted by molar-refractivity contribution is 6.30. The molecule has 34 heavy (non-hydrogen) atoms. The molecule has 2 unspecified atom stereocenters. The first kappa shape index (κ1) is 24.7. The number of aromatic amines is 1. The molecule has 2 bridgehead atoms. The van der Waals surface area contributed by atoms with Gasteiger partial charge in [0.1, 0.15) is 17.1 Å². The summed E-state index contributed by atoms with van der Waals surface area (Å²) in [6.45, 7) is 13.4. The van der Waals surface area contributed by atoms with Gasteiger partial charge in [-0.2, -0.15) is 4.98 Å². The van der Waals surface area contributed by atoms with Gasteiger partial charge in [0.05, 0.1) is 17.6 Å². The fourth-order valence-electron chi connectivity index (χ4n) is 5.17. The van der Waals surface area contributed by atoms with Gasteiger partial charge in [-0.1, -0.05) is 11.6 Å². The van der Waals surface area contributed by atoms with Crippen LogP contribution < -0.4 is 15.6 Å². The molecule has 8 nitrogen and oxygen atoms in total. The maximum Gasteiger partial charge on any atom is 0.411 e. The SMILES string of the molecule is Cc1[nH]c(=O)c2c(OC(C)[C@H]3NC[C@@]4(C)CCC3N4C(=O)OC(C)(C)C)nc(Cl)c(F)c2c1C. The number of rotatable bonds is 3. The molecule has 2 saturated heterocycles. The topological polar surface area (TPSA) is 96.6 Å². The molecule has 2 fully saturated rings. The van der Waals surface area contributed by atoms with Crippen molar-refractivity contribution in [1.82, 2.24) is 20.2 Å². The molecule has 10 heteroatoms. The number of piperazine rings is 1. The number of pyridine rings is 2. The molecular weight excluding hydrogens is 463 g/mol. The highest BCUT2D eigenvalue weighted by atomic mass is 35.5. The van der Waals surface area contributed by atoms with E-state index in [1.165, 1.54) is 0 Å². The van der Waals surface area contributed by atoms with E-state index in [0.29, 0.717) is 17.8 Å². The van der Waals surface area contributed by atoms with Gasteiger partial charge in [-0.25, -0.2) is 9.18 Å². The molecule has 2 N–H and O–H groups in total. The number of hydrogen-bond donors (Lipinski definition) is 2. The van der Waals surface area contributed by atoms with E-state index in [9.17, 15) is 14.0 Å². The predicted octanol–water partition coefficient (Wildman–Crippen LogP) is 4.23. The lowest BCUT2D eigenvalue weighted by atomic mass is 9.96. The Morgan fingerprint density at radius 3 is 2.65 bits per heavy atom. The van der Waals surface area contributed by atoms with Crippen LogP contribution in [0.2, 0.25) is 5.15 Å². The van der Waals surface area contributed by atoms with Crippen LogP contribution in [0.1, 0.15) is 58.7 Å². The molecular formula is C24H32ClFN4O4. The molecule has 4 rings (SSSR count). The fourth-order valence-corrected chi connectivity index (χ4v) is 5.34. The Labute approximate surface area is 203 Å². The van der Waals surface area contributed by atoms with Gasteiger partial charge in [-0.3, -0.25) is 9.69 Å². The second-order valence-corrected chi connectivity index (χ2v) is 11.0. The molecule has 1 amide bonds. The van der Waals surface area contributed by atoms with Gasteiger partial charge in [0.15, 0.2) is 11.0 Å². The normalized spacial score (nSPS) is 25.5. The quantitative estimate of drug-likeness (QED) is 0.620. The third-order valence-electron chi connectivity index (χ3n) is 6.95. The average Bonchev–Trinajstić information content (AvgIpc) is 2.95. The minimum atomic E-state index is -0.748. The van der Waals surface area contributed by atoms with E-state index >= 15 is 0 Å². The van der Waals surface area contributed by atoms with Crippen LogP contribution in [0.15, 0.2) is 4.79 Å². The van der Waals surface area contributed by atoms with Crippen LogP contribution in [0, 0.1) is 19.7 Å². The number of hydrogen-bond acceptors (Lipinski definition) is 6. The predicted molar refractivity (Wildman–Crippen MR) is 128 cm³/mol. The van der Waals surface area contributed by atoms with Gasteiger partial charge in [-0.15, -0.1) is 0 Å². The van der Waals surface area contributed by atoms with Gasteiger partial charge in [-0.05, 0) is 66.9 Å². The lowest BCUT2D eigenvalue weighted by Crippen LogP contribution is -2.68. The van der Waals surface area contributed by atoms with Gasteiger partial charge >= 0.3 is 6.09 Å². The van der Waals surface area contributed by atoms with Crippen molar-refractivity contribution in [3.05, 3.63) is 32.6 Å². The van der Waals surface area contributed by atoms with E-state index in [0.717, 1.165) is 12.8 Å². The summed E-state index contributed by atoms with van der Waals surface area (Å²) in [6.07, 6.45) is 0.746. The van der Waals surface area contributed by atoms with Crippen LogP contribution in [0.25, 0.3) is 10.8 Å². The van der Waals surface area contributed by atoms with Crippen molar-refractivity contribution in [3.63, 3.8) is 0 Å². The molecule has 2 aromatic rings. The highest BCUT2D eigenvalue weighted by Crippen LogP contribution is 2.41. The van der Waals surface area contributed by atoms with E-state index in [1.807, 2.05) is 39.5 Å². The molecule has 4 heterocycles. The molecule has 0 aromatic carbocycles. The number of H-pyrrole nitrogens is 1. The lowest BCUT2D eigenvalue weighted by molar-refractivity contribution is -0.0243. The monoisotopic (exact) mass is 494 g/mol. The van der Waals surface area contributed by atoms with Crippen LogP contribution in [0.4, 0.5) is 9.18 Å². The molecule has 0 radical (unpaired) electrons. The third kappa shape index (κ3) is 4.13. The van der Waals surface area contributed by atoms with Crippen molar-refractivity contribution in [2.75, 3.05) is 6.54 Å². The summed E-state index contributed by atoms with van der Waals surface area (Å²) in [5, 5.41) is 3.27. The number of ether oxygens (including phenoxy) is 2. The van der Waals surface area contributed by atoms with Crippen molar-refractivity contribution in [2.45, 2.75) is 90.6 Å². The minimum absolute atomic E-state index is 0.0212. The molecule has 0 saturated carbocycles. The van der Waals surface area contributed by atoms with Crippen LogP contribution in [0.3, 0.4) is 0 Å². The number of amides is 1. The minimum Gasteiger partial charge on any atom is -0.472 e. The van der Waals surface area contributed by atoms with E-state index < -0.39 is 23.1 Å². The summed E-state index contributed by atoms with van der Waals surface area (Å²) in [7, 11) is 0. The molecule has 2 aliphatic rings. The number of carbonyl (C=O) groups excluding carboxylic acids is 1. The zero-order valence-corrected chi connectivity index (χ0v) is 21.4. The number of fused-ring (bicyclic) bond motifs is 3. The summed E-state index contributed by atoms with van der Waals surface area (Å²) in [5.41, 5.74) is -0.361. The Morgan fingerprint density at radius 2 is 2.00 bits per heavy atom. The highest BCUT2D eigenvalue weighted by Gasteiger charge is 2.54. The number of aryl methyl sites for hydroxylation is 2. The largest absolute Gasteiger partial charge is 0.472 e. The summed E-state index contributed by atoms with van der Waals surface area (Å²) in [5.74, 6) is -0.781. The van der Waals surface area contributed by atoms with Gasteiger partial charge in [0, 0.05) is 17.6 Å². The maximum absolute atomic E-state index is 14.9. The van der Waals surface area contributed by atoms with Crippen molar-refractivity contribution >= 4 is 28.5 Å². The molecule has 2 aliphatic heterocycles. The summed E-state index contributed by atoms with van der Waals surface area (Å²) in [6, 6.07) is -0.428. The Bertz CT molecular complexity index is 1200. The molecule has 4 atom stereocenters. The molecule has 186 valence electrons. The van der Waals surface area contributed by atoms with E-state index in [4.69, 9.17) is 21.1 Å². The summed E-state index contributed by atoms with van der Waals surface area (Å²) < 4.78 is 26.7. The van der Waals surface area contributed by atoms with Gasteiger partial charge < -0.3 is 19.8 Å². The standard InChI is InChI=1S/C24H32ClFN4O4/c1-11-12(2)28-20(31)16-15(11)17(26)19(25)29-21(16)33-13(3)18-14-8-9-24(7,10-27-18)30(14)22(32)34-23(4,5)6/h13-14,18,27H,8-10H2,1-7H3,(H,28,31)/t13?,14?,18-,24-/m1/s1. The zero-order valence-electron chi connectivity index (χ0n) is 20.6. The Morgan fingerprint density at radius 1 is 1.32 bits per heavy atom. The average molecular weight is 495 g/mol. The van der Waals surface area contributed by atoms with Crippen molar-refractivity contribution in [3.8, 4) is 5.88 Å². The lowest BCUT2D eigenvalue weighted by Gasteiger charge is -2.47. The van der Waals surface area contributed by atoms with Crippen molar-refractivity contribution in [1.29, 1.82) is 0 Å². The molecule has 2 aromatic heterocycles. The second-order valence-electron chi connectivity index (χ2n) is 10.7. The Kier molecular flexibility index (Phi) is 6.09. The van der Waals surface area contributed by atoms with Gasteiger partial charge in [0.2, 0.25) is 5.88 Å². The zero-order chi connectivity index (χ0) is 25.2. The number of nitrogens with one attached hydrogen (secondary N) is 2. The number of halogens is 2. The summed E-state index contributed by atoms with van der Waals surface area (Å²) in [4.78, 5) is 34.5. The smallest absolute Gasteiger partial charge is 0.411 e. The Balaban J connectivity index is 1.68. The van der Waals surface area contributed by atoms with Crippen molar-refractivity contribution in [2.24, 2.45) is 0 Å². The molecule has 0 spiro atoms. The first-order valence-electron chi connectivity index (χ1n) is 11.5. The van der Waals surface area contributed by atoms with Crippen LogP contribution >= 0.6 is 11.6 Å². The first-order valence-corrected chi connectivity index (χ1v) is 11.9. The van der Waals surface area contributed by atoms with Crippen LogP contribution in [0.5, 0.6) is 5.88 Å². The number of nitrogens with zero attached hydrogens (tertiary/aromatic N) is 2.